The van der Waals surface area contributed by atoms with Gasteiger partial charge in [-0.15, -0.1) is 0 Å². The third-order valence-electron chi connectivity index (χ3n) is 3.56. The first-order valence-corrected chi connectivity index (χ1v) is 7.15. The summed E-state index contributed by atoms with van der Waals surface area (Å²) in [6.07, 6.45) is 0.815. The molecule has 2 aromatic carbocycles. The number of anilines is 1. The number of carbonyl (C=O) groups excluding carboxylic acids is 2. The Morgan fingerprint density at radius 3 is 2.36 bits per heavy atom. The molecule has 114 valence electrons. The molecule has 0 unspecified atom stereocenters. The van der Waals surface area contributed by atoms with Crippen molar-refractivity contribution < 1.29 is 14.3 Å². The van der Waals surface area contributed by atoms with E-state index in [1.165, 1.54) is 7.11 Å². The third-order valence-corrected chi connectivity index (χ3v) is 3.56. The van der Waals surface area contributed by atoms with E-state index in [0.717, 1.165) is 23.2 Å². The number of nitrogens with one attached hydrogen (secondary N) is 1. The molecule has 0 fully saturated rings. The van der Waals surface area contributed by atoms with Crippen molar-refractivity contribution in [2.24, 2.45) is 0 Å². The second-order valence-corrected chi connectivity index (χ2v) is 4.95. The Morgan fingerprint density at radius 1 is 1.05 bits per heavy atom. The van der Waals surface area contributed by atoms with Crippen LogP contribution < -0.4 is 5.32 Å². The van der Waals surface area contributed by atoms with E-state index in [2.05, 4.69) is 5.32 Å². The lowest BCUT2D eigenvalue weighted by Gasteiger charge is -2.14. The highest BCUT2D eigenvalue weighted by Crippen LogP contribution is 2.22. The van der Waals surface area contributed by atoms with E-state index in [9.17, 15) is 9.59 Å². The van der Waals surface area contributed by atoms with E-state index in [0.29, 0.717) is 5.56 Å². The number of hydrogen-bond acceptors (Lipinski definition) is 3. The zero-order valence-corrected chi connectivity index (χ0v) is 13.0. The molecule has 0 atom stereocenters. The number of ether oxygens (including phenoxy) is 1. The quantitative estimate of drug-likeness (QED) is 0.877. The van der Waals surface area contributed by atoms with Crippen LogP contribution in [0.2, 0.25) is 0 Å². The first-order chi connectivity index (χ1) is 10.6. The average molecular weight is 297 g/mol. The van der Waals surface area contributed by atoms with Crippen LogP contribution >= 0.6 is 0 Å². The molecule has 2 aromatic rings. The van der Waals surface area contributed by atoms with Crippen LogP contribution in [0.4, 0.5) is 5.69 Å². The molecule has 0 aliphatic heterocycles. The normalized spacial score (nSPS) is 10.1. The third kappa shape index (κ3) is 3.17. The molecule has 0 bridgehead atoms. The smallest absolute Gasteiger partial charge is 0.338 e. The molecular weight excluding hydrogens is 278 g/mol. The van der Waals surface area contributed by atoms with Gasteiger partial charge in [-0.3, -0.25) is 4.79 Å². The maximum absolute atomic E-state index is 12.6. The fourth-order valence-electron chi connectivity index (χ4n) is 2.35. The molecule has 2 rings (SSSR count). The van der Waals surface area contributed by atoms with Gasteiger partial charge in [-0.1, -0.05) is 37.3 Å². The molecular formula is C18H19NO3. The summed E-state index contributed by atoms with van der Waals surface area (Å²) in [5.74, 6) is -0.837. The van der Waals surface area contributed by atoms with E-state index < -0.39 is 5.97 Å². The van der Waals surface area contributed by atoms with E-state index in [4.69, 9.17) is 4.74 Å². The molecule has 4 nitrogen and oxygen atoms in total. The Balaban J connectivity index is 2.37. The second-order valence-electron chi connectivity index (χ2n) is 4.95. The van der Waals surface area contributed by atoms with Crippen molar-refractivity contribution in [1.82, 2.24) is 0 Å². The zero-order valence-electron chi connectivity index (χ0n) is 13.0. The number of hydrogen-bond donors (Lipinski definition) is 1. The molecule has 4 heteroatoms. The lowest BCUT2D eigenvalue weighted by Crippen LogP contribution is -2.18. The number of aryl methyl sites for hydroxylation is 2. The molecule has 0 aliphatic carbocycles. The molecule has 0 saturated carbocycles. The monoisotopic (exact) mass is 297 g/mol. The van der Waals surface area contributed by atoms with E-state index in [-0.39, 0.29) is 11.5 Å². The van der Waals surface area contributed by atoms with Crippen molar-refractivity contribution >= 4 is 17.6 Å². The van der Waals surface area contributed by atoms with Gasteiger partial charge in [0.25, 0.3) is 5.91 Å². The zero-order chi connectivity index (χ0) is 16.1. The van der Waals surface area contributed by atoms with E-state index in [1.54, 1.807) is 24.3 Å². The molecule has 0 saturated heterocycles. The van der Waals surface area contributed by atoms with Crippen LogP contribution in [0.15, 0.2) is 42.5 Å². The van der Waals surface area contributed by atoms with Crippen molar-refractivity contribution in [2.45, 2.75) is 20.3 Å². The minimum Gasteiger partial charge on any atom is -0.465 e. The number of esters is 1. The summed E-state index contributed by atoms with van der Waals surface area (Å²) in [4.78, 5) is 24.3. The Morgan fingerprint density at radius 2 is 1.73 bits per heavy atom. The molecule has 1 N–H and O–H groups in total. The Bertz CT molecular complexity index is 707. The number of rotatable bonds is 4. The number of amides is 1. The number of methoxy groups -OCH3 is 1. The standard InChI is InChI=1S/C18H19NO3/c1-4-13-9-7-8-12(2)16(13)19-17(20)14-10-5-6-11-15(14)18(21)22-3/h5-11H,4H2,1-3H3,(H,19,20). The van der Waals surface area contributed by atoms with Gasteiger partial charge >= 0.3 is 5.97 Å². The maximum Gasteiger partial charge on any atom is 0.338 e. The summed E-state index contributed by atoms with van der Waals surface area (Å²) in [6, 6.07) is 12.5. The van der Waals surface area contributed by atoms with Gasteiger partial charge in [-0.2, -0.15) is 0 Å². The summed E-state index contributed by atoms with van der Waals surface area (Å²) in [6.45, 7) is 3.98. The first-order valence-electron chi connectivity index (χ1n) is 7.15. The molecule has 0 heterocycles. The Hall–Kier alpha value is -2.62. The number of benzene rings is 2. The average Bonchev–Trinajstić information content (AvgIpc) is 2.55. The van der Waals surface area contributed by atoms with Crippen LogP contribution in [-0.4, -0.2) is 19.0 Å². The lowest BCUT2D eigenvalue weighted by molar-refractivity contribution is 0.0597. The predicted molar refractivity (Wildman–Crippen MR) is 86.3 cm³/mol. The van der Waals surface area contributed by atoms with Crippen LogP contribution in [0.5, 0.6) is 0 Å². The van der Waals surface area contributed by atoms with Crippen molar-refractivity contribution in [3.8, 4) is 0 Å². The van der Waals surface area contributed by atoms with E-state index in [1.807, 2.05) is 32.0 Å². The van der Waals surface area contributed by atoms with Gasteiger partial charge in [-0.05, 0) is 36.6 Å². The topological polar surface area (TPSA) is 55.4 Å². The molecule has 22 heavy (non-hydrogen) atoms. The van der Waals surface area contributed by atoms with Gasteiger partial charge in [0.05, 0.1) is 18.2 Å². The molecule has 0 radical (unpaired) electrons. The SMILES string of the molecule is CCc1cccc(C)c1NC(=O)c1ccccc1C(=O)OC. The number of para-hydroxylation sites is 1. The van der Waals surface area contributed by atoms with Crippen LogP contribution in [0.25, 0.3) is 0 Å². The molecule has 1 amide bonds. The fourth-order valence-corrected chi connectivity index (χ4v) is 2.35. The van der Waals surface area contributed by atoms with Crippen molar-refractivity contribution in [2.75, 3.05) is 12.4 Å². The highest BCUT2D eigenvalue weighted by molar-refractivity contribution is 6.11. The predicted octanol–water partition coefficient (Wildman–Crippen LogP) is 3.60. The molecule has 0 spiro atoms. The van der Waals surface area contributed by atoms with Gasteiger partial charge in [0.2, 0.25) is 0 Å². The van der Waals surface area contributed by atoms with Crippen LogP contribution in [0, 0.1) is 6.92 Å². The minimum atomic E-state index is -0.522. The summed E-state index contributed by atoms with van der Waals surface area (Å²) in [5.41, 5.74) is 3.41. The highest BCUT2D eigenvalue weighted by Gasteiger charge is 2.18. The van der Waals surface area contributed by atoms with Crippen molar-refractivity contribution in [3.63, 3.8) is 0 Å². The fraction of sp³-hybridized carbons (Fsp3) is 0.222. The van der Waals surface area contributed by atoms with Crippen LogP contribution in [0.3, 0.4) is 0 Å². The lowest BCUT2D eigenvalue weighted by atomic mass is 10.0. The second kappa shape index (κ2) is 6.89. The Labute approximate surface area is 130 Å². The van der Waals surface area contributed by atoms with Crippen molar-refractivity contribution in [1.29, 1.82) is 0 Å². The minimum absolute atomic E-state index is 0.258. The molecule has 0 aromatic heterocycles. The van der Waals surface area contributed by atoms with Crippen LogP contribution in [-0.2, 0) is 11.2 Å². The number of carbonyl (C=O) groups is 2. The first kappa shape index (κ1) is 15.8. The summed E-state index contributed by atoms with van der Waals surface area (Å²) >= 11 is 0. The maximum atomic E-state index is 12.6. The Kier molecular flexibility index (Phi) is 4.94. The van der Waals surface area contributed by atoms with E-state index >= 15 is 0 Å². The highest BCUT2D eigenvalue weighted by atomic mass is 16.5. The molecule has 0 aliphatic rings. The van der Waals surface area contributed by atoms with Gasteiger partial charge < -0.3 is 10.1 Å². The summed E-state index contributed by atoms with van der Waals surface area (Å²) in [7, 11) is 1.30. The van der Waals surface area contributed by atoms with Gasteiger partial charge in [0.1, 0.15) is 0 Å². The largest absolute Gasteiger partial charge is 0.465 e. The summed E-state index contributed by atoms with van der Waals surface area (Å²) in [5, 5.41) is 2.92. The van der Waals surface area contributed by atoms with Gasteiger partial charge in [0.15, 0.2) is 0 Å². The van der Waals surface area contributed by atoms with Gasteiger partial charge in [0, 0.05) is 5.69 Å². The van der Waals surface area contributed by atoms with Gasteiger partial charge in [-0.25, -0.2) is 4.79 Å². The summed E-state index contributed by atoms with van der Waals surface area (Å²) < 4.78 is 4.73. The van der Waals surface area contributed by atoms with Crippen LogP contribution in [0.1, 0.15) is 38.8 Å². The van der Waals surface area contributed by atoms with Crippen molar-refractivity contribution in [3.05, 3.63) is 64.7 Å².